The van der Waals surface area contributed by atoms with E-state index < -0.39 is 10.8 Å². The highest BCUT2D eigenvalue weighted by atomic mass is 32.2. The van der Waals surface area contributed by atoms with Crippen LogP contribution in [0.3, 0.4) is 0 Å². The van der Waals surface area contributed by atoms with Crippen LogP contribution in [0.25, 0.3) is 0 Å². The molecule has 1 aromatic carbocycles. The first-order valence-corrected chi connectivity index (χ1v) is 7.00. The van der Waals surface area contributed by atoms with Crippen molar-refractivity contribution in [1.82, 2.24) is 4.90 Å². The van der Waals surface area contributed by atoms with E-state index in [4.69, 9.17) is 0 Å². The van der Waals surface area contributed by atoms with Crippen molar-refractivity contribution in [2.24, 2.45) is 0 Å². The second kappa shape index (κ2) is 5.96. The molecule has 0 heterocycles. The van der Waals surface area contributed by atoms with E-state index >= 15 is 0 Å². The summed E-state index contributed by atoms with van der Waals surface area (Å²) in [5.41, 5.74) is 3.44. The molecule has 0 N–H and O–H groups in total. The number of aryl methyl sites for hydroxylation is 2. The summed E-state index contributed by atoms with van der Waals surface area (Å²) in [7, 11) is 2.22. The number of amides is 1. The second-order valence-corrected chi connectivity index (χ2v) is 5.89. The van der Waals surface area contributed by atoms with Crippen LogP contribution in [0.2, 0.25) is 0 Å². The highest BCUT2D eigenvalue weighted by Gasteiger charge is 2.10. The summed E-state index contributed by atoms with van der Waals surface area (Å²) < 4.78 is 11.8. The molecule has 1 aromatic rings. The zero-order chi connectivity index (χ0) is 13.0. The van der Waals surface area contributed by atoms with Crippen LogP contribution in [0.15, 0.2) is 18.2 Å². The standard InChI is InChI=1S/C13H19NO2S/c1-10-5-6-12(7-11(10)2)8-17(16)9-13(15)14(3)4/h5-7H,8-9H2,1-4H3/t17-/m0/s1. The molecule has 3 nitrogen and oxygen atoms in total. The van der Waals surface area contributed by atoms with Crippen molar-refractivity contribution < 1.29 is 9.00 Å². The third-order valence-electron chi connectivity index (χ3n) is 2.68. The lowest BCUT2D eigenvalue weighted by Crippen LogP contribution is -2.27. The molecule has 4 heteroatoms. The van der Waals surface area contributed by atoms with E-state index in [9.17, 15) is 9.00 Å². The molecule has 17 heavy (non-hydrogen) atoms. The normalized spacial score (nSPS) is 12.2. The van der Waals surface area contributed by atoms with E-state index in [1.807, 2.05) is 32.0 Å². The Morgan fingerprint density at radius 2 is 1.88 bits per heavy atom. The minimum absolute atomic E-state index is 0.0906. The van der Waals surface area contributed by atoms with Crippen LogP contribution >= 0.6 is 0 Å². The predicted molar refractivity (Wildman–Crippen MR) is 71.3 cm³/mol. The Balaban J connectivity index is 2.62. The van der Waals surface area contributed by atoms with Crippen molar-refractivity contribution in [2.75, 3.05) is 19.8 Å². The van der Waals surface area contributed by atoms with Gasteiger partial charge in [0.25, 0.3) is 0 Å². The van der Waals surface area contributed by atoms with Crippen LogP contribution in [0.5, 0.6) is 0 Å². The maximum Gasteiger partial charge on any atom is 0.234 e. The van der Waals surface area contributed by atoms with Crippen LogP contribution in [0.1, 0.15) is 16.7 Å². The molecule has 0 fully saturated rings. The number of benzene rings is 1. The molecule has 0 unspecified atom stereocenters. The van der Waals surface area contributed by atoms with Crippen LogP contribution in [0.4, 0.5) is 0 Å². The van der Waals surface area contributed by atoms with Crippen molar-refractivity contribution in [1.29, 1.82) is 0 Å². The highest BCUT2D eigenvalue weighted by molar-refractivity contribution is 7.84. The maximum absolute atomic E-state index is 11.8. The van der Waals surface area contributed by atoms with Gasteiger partial charge in [0.15, 0.2) is 0 Å². The molecule has 1 rings (SSSR count). The van der Waals surface area contributed by atoms with Crippen molar-refractivity contribution in [3.8, 4) is 0 Å². The summed E-state index contributed by atoms with van der Waals surface area (Å²) >= 11 is 0. The fraction of sp³-hybridized carbons (Fsp3) is 0.462. The van der Waals surface area contributed by atoms with Gasteiger partial charge < -0.3 is 4.90 Å². The first-order valence-electron chi connectivity index (χ1n) is 5.51. The van der Waals surface area contributed by atoms with E-state index in [-0.39, 0.29) is 11.7 Å². The molecule has 0 aromatic heterocycles. The van der Waals surface area contributed by atoms with Crippen LogP contribution < -0.4 is 0 Å². The van der Waals surface area contributed by atoms with Crippen LogP contribution in [-0.4, -0.2) is 34.9 Å². The second-order valence-electron chi connectivity index (χ2n) is 4.44. The van der Waals surface area contributed by atoms with Gasteiger partial charge in [-0.2, -0.15) is 0 Å². The average molecular weight is 253 g/mol. The van der Waals surface area contributed by atoms with Gasteiger partial charge in [-0.1, -0.05) is 18.2 Å². The molecule has 94 valence electrons. The lowest BCUT2D eigenvalue weighted by molar-refractivity contribution is -0.125. The lowest BCUT2D eigenvalue weighted by atomic mass is 10.1. The highest BCUT2D eigenvalue weighted by Crippen LogP contribution is 2.11. The topological polar surface area (TPSA) is 37.4 Å². The quantitative estimate of drug-likeness (QED) is 0.818. The zero-order valence-electron chi connectivity index (χ0n) is 10.8. The number of hydrogen-bond donors (Lipinski definition) is 0. The van der Waals surface area contributed by atoms with Crippen molar-refractivity contribution in [3.63, 3.8) is 0 Å². The molecule has 0 saturated heterocycles. The van der Waals surface area contributed by atoms with E-state index in [2.05, 4.69) is 0 Å². The first kappa shape index (κ1) is 13.9. The molecule has 1 atom stereocenters. The molecule has 0 saturated carbocycles. The number of carbonyl (C=O) groups is 1. The number of nitrogens with zero attached hydrogens (tertiary/aromatic N) is 1. The Bertz CT molecular complexity index is 441. The van der Waals surface area contributed by atoms with E-state index in [0.717, 1.165) is 5.56 Å². The van der Waals surface area contributed by atoms with Gasteiger partial charge in [-0.05, 0) is 30.5 Å². The summed E-state index contributed by atoms with van der Waals surface area (Å²) in [5, 5.41) is 0. The van der Waals surface area contributed by atoms with Crippen molar-refractivity contribution >= 4 is 16.7 Å². The SMILES string of the molecule is Cc1ccc(C[S@](=O)CC(=O)N(C)C)cc1C. The molecular formula is C13H19NO2S. The van der Waals surface area contributed by atoms with Gasteiger partial charge in [0, 0.05) is 30.6 Å². The number of carbonyl (C=O) groups excluding carboxylic acids is 1. The van der Waals surface area contributed by atoms with Crippen LogP contribution in [0, 0.1) is 13.8 Å². The summed E-state index contributed by atoms with van der Waals surface area (Å²) in [6.07, 6.45) is 0. The van der Waals surface area contributed by atoms with Gasteiger partial charge in [0.05, 0.1) is 0 Å². The molecule has 0 spiro atoms. The molecule has 0 radical (unpaired) electrons. The molecular weight excluding hydrogens is 234 g/mol. The van der Waals surface area contributed by atoms with Gasteiger partial charge in [0.2, 0.25) is 5.91 Å². The summed E-state index contributed by atoms with van der Waals surface area (Å²) in [4.78, 5) is 12.9. The molecule has 0 aliphatic rings. The minimum Gasteiger partial charge on any atom is -0.348 e. The van der Waals surface area contributed by atoms with Gasteiger partial charge in [-0.25, -0.2) is 0 Å². The number of rotatable bonds is 4. The van der Waals surface area contributed by atoms with E-state index in [1.54, 1.807) is 14.1 Å². The van der Waals surface area contributed by atoms with Gasteiger partial charge in [-0.3, -0.25) is 9.00 Å². The summed E-state index contributed by atoms with van der Waals surface area (Å²) in [6.45, 7) is 4.08. The van der Waals surface area contributed by atoms with Gasteiger partial charge in [0.1, 0.15) is 5.75 Å². The Morgan fingerprint density at radius 3 is 2.41 bits per heavy atom. The molecule has 1 amide bonds. The number of hydrogen-bond acceptors (Lipinski definition) is 2. The minimum atomic E-state index is -1.13. The summed E-state index contributed by atoms with van der Waals surface area (Å²) in [5.74, 6) is 0.452. The lowest BCUT2D eigenvalue weighted by Gasteiger charge is -2.10. The third kappa shape index (κ3) is 4.30. The van der Waals surface area contributed by atoms with Gasteiger partial charge in [-0.15, -0.1) is 0 Å². The molecule has 0 aliphatic carbocycles. The Kier molecular flexibility index (Phi) is 4.87. The fourth-order valence-electron chi connectivity index (χ4n) is 1.40. The Morgan fingerprint density at radius 1 is 1.24 bits per heavy atom. The maximum atomic E-state index is 11.8. The monoisotopic (exact) mass is 253 g/mol. The van der Waals surface area contributed by atoms with E-state index in [0.29, 0.717) is 5.75 Å². The van der Waals surface area contributed by atoms with Crippen molar-refractivity contribution in [2.45, 2.75) is 19.6 Å². The summed E-state index contributed by atoms with van der Waals surface area (Å²) in [6, 6.07) is 6.03. The first-order chi connectivity index (χ1) is 7.90. The molecule has 0 bridgehead atoms. The Labute approximate surface area is 105 Å². The van der Waals surface area contributed by atoms with E-state index in [1.165, 1.54) is 16.0 Å². The smallest absolute Gasteiger partial charge is 0.234 e. The van der Waals surface area contributed by atoms with Crippen LogP contribution in [-0.2, 0) is 21.3 Å². The molecule has 0 aliphatic heterocycles. The average Bonchev–Trinajstić information content (AvgIpc) is 2.23. The van der Waals surface area contributed by atoms with Gasteiger partial charge >= 0.3 is 0 Å². The zero-order valence-corrected chi connectivity index (χ0v) is 11.6. The largest absolute Gasteiger partial charge is 0.348 e. The van der Waals surface area contributed by atoms with Crippen molar-refractivity contribution in [3.05, 3.63) is 34.9 Å². The fourth-order valence-corrected chi connectivity index (χ4v) is 2.58. The Hall–Kier alpha value is -1.16. The predicted octanol–water partition coefficient (Wildman–Crippen LogP) is 1.64. The third-order valence-corrected chi connectivity index (χ3v) is 3.91.